The lowest BCUT2D eigenvalue weighted by molar-refractivity contribution is 0.317. The maximum absolute atomic E-state index is 9.03. The van der Waals surface area contributed by atoms with Crippen LogP contribution >= 0.6 is 0 Å². The minimum Gasteiger partial charge on any atom is -0.493 e. The first-order valence-corrected chi connectivity index (χ1v) is 6.36. The van der Waals surface area contributed by atoms with Gasteiger partial charge in [0.05, 0.1) is 19.8 Å². The third-order valence-electron chi connectivity index (χ3n) is 2.59. The van der Waals surface area contributed by atoms with Crippen molar-refractivity contribution in [3.05, 3.63) is 35.4 Å². The van der Waals surface area contributed by atoms with Gasteiger partial charge < -0.3 is 14.6 Å². The zero-order valence-corrected chi connectivity index (χ0v) is 11.4. The van der Waals surface area contributed by atoms with Gasteiger partial charge in [0.15, 0.2) is 0 Å². The molecule has 0 unspecified atom stereocenters. The lowest BCUT2D eigenvalue weighted by Crippen LogP contribution is -2.01. The molecule has 0 spiro atoms. The molecule has 0 atom stereocenters. The first-order valence-electron chi connectivity index (χ1n) is 6.36. The normalized spacial score (nSPS) is 11.4. The van der Waals surface area contributed by atoms with Crippen molar-refractivity contribution in [2.75, 3.05) is 19.8 Å². The Hall–Kier alpha value is -1.48. The van der Waals surface area contributed by atoms with Gasteiger partial charge in [0.2, 0.25) is 0 Å². The van der Waals surface area contributed by atoms with Crippen LogP contribution < -0.4 is 9.47 Å². The van der Waals surface area contributed by atoms with Gasteiger partial charge in [-0.15, -0.1) is 0 Å². The second-order valence-electron chi connectivity index (χ2n) is 4.01. The zero-order chi connectivity index (χ0) is 13.4. The van der Waals surface area contributed by atoms with Gasteiger partial charge in [0.1, 0.15) is 11.5 Å². The topological polar surface area (TPSA) is 38.7 Å². The minimum absolute atomic E-state index is 0.0841. The number of aliphatic hydroxyl groups is 1. The van der Waals surface area contributed by atoms with E-state index in [1.165, 1.54) is 0 Å². The minimum atomic E-state index is 0.0841. The van der Waals surface area contributed by atoms with Crippen molar-refractivity contribution in [2.24, 2.45) is 0 Å². The Labute approximate surface area is 109 Å². The van der Waals surface area contributed by atoms with Crippen LogP contribution in [-0.2, 0) is 6.42 Å². The van der Waals surface area contributed by atoms with Crippen molar-refractivity contribution in [2.45, 2.75) is 27.2 Å². The van der Waals surface area contributed by atoms with Crippen molar-refractivity contribution in [3.63, 3.8) is 0 Å². The molecular weight excluding hydrogens is 228 g/mol. The Balaban J connectivity index is 3.01. The van der Waals surface area contributed by atoms with Crippen LogP contribution in [0.25, 0.3) is 0 Å². The summed E-state index contributed by atoms with van der Waals surface area (Å²) in [6.45, 7) is 7.18. The highest BCUT2D eigenvalue weighted by atomic mass is 16.5. The van der Waals surface area contributed by atoms with Crippen molar-refractivity contribution >= 4 is 0 Å². The Morgan fingerprint density at radius 2 is 1.72 bits per heavy atom. The van der Waals surface area contributed by atoms with Gasteiger partial charge in [-0.3, -0.25) is 0 Å². The molecule has 0 aromatic heterocycles. The summed E-state index contributed by atoms with van der Waals surface area (Å²) in [5.74, 6) is 1.70. The standard InChI is InChI=1S/C15H22O3/c1-4-17-14-7-6-8-15(18-5-2)13(14)10-9-12(3)11-16/h6-9,16H,4-5,10-11H2,1-3H3. The van der Waals surface area contributed by atoms with E-state index < -0.39 is 0 Å². The van der Waals surface area contributed by atoms with Gasteiger partial charge in [-0.2, -0.15) is 0 Å². The largest absolute Gasteiger partial charge is 0.493 e. The molecule has 0 bridgehead atoms. The summed E-state index contributed by atoms with van der Waals surface area (Å²) in [7, 11) is 0. The molecule has 0 aliphatic carbocycles. The summed E-state index contributed by atoms with van der Waals surface area (Å²) in [5.41, 5.74) is 1.98. The molecule has 1 aromatic carbocycles. The molecule has 0 fully saturated rings. The molecule has 1 N–H and O–H groups in total. The summed E-state index contributed by atoms with van der Waals surface area (Å²) in [6.07, 6.45) is 2.71. The molecule has 18 heavy (non-hydrogen) atoms. The lowest BCUT2D eigenvalue weighted by atomic mass is 10.1. The van der Waals surface area contributed by atoms with Gasteiger partial charge in [0, 0.05) is 5.56 Å². The number of allylic oxidation sites excluding steroid dienone is 1. The van der Waals surface area contributed by atoms with E-state index in [1.54, 1.807) is 0 Å². The van der Waals surface area contributed by atoms with Crippen LogP contribution in [0.3, 0.4) is 0 Å². The van der Waals surface area contributed by atoms with Crippen LogP contribution in [-0.4, -0.2) is 24.9 Å². The van der Waals surface area contributed by atoms with Crippen LogP contribution in [0.1, 0.15) is 26.3 Å². The fourth-order valence-electron chi connectivity index (χ4n) is 1.67. The monoisotopic (exact) mass is 250 g/mol. The van der Waals surface area contributed by atoms with Gasteiger partial charge >= 0.3 is 0 Å². The third kappa shape index (κ3) is 4.08. The Bertz CT molecular complexity index is 372. The predicted molar refractivity (Wildman–Crippen MR) is 73.3 cm³/mol. The summed E-state index contributed by atoms with van der Waals surface area (Å²) in [5, 5.41) is 9.03. The fraction of sp³-hybridized carbons (Fsp3) is 0.467. The second kappa shape index (κ2) is 7.77. The first kappa shape index (κ1) is 14.6. The Morgan fingerprint density at radius 1 is 1.17 bits per heavy atom. The molecule has 100 valence electrons. The third-order valence-corrected chi connectivity index (χ3v) is 2.59. The van der Waals surface area contributed by atoms with Gasteiger partial charge in [0.25, 0.3) is 0 Å². The number of rotatable bonds is 7. The summed E-state index contributed by atoms with van der Waals surface area (Å²) < 4.78 is 11.2. The van der Waals surface area contributed by atoms with Crippen molar-refractivity contribution in [1.29, 1.82) is 0 Å². The number of hydrogen-bond acceptors (Lipinski definition) is 3. The van der Waals surface area contributed by atoms with E-state index >= 15 is 0 Å². The highest BCUT2D eigenvalue weighted by Crippen LogP contribution is 2.29. The number of benzene rings is 1. The SMILES string of the molecule is CCOc1cccc(OCC)c1CC=C(C)CO. The van der Waals surface area contributed by atoms with Crippen LogP contribution in [0.2, 0.25) is 0 Å². The molecule has 1 aromatic rings. The van der Waals surface area contributed by atoms with E-state index in [4.69, 9.17) is 14.6 Å². The molecule has 0 radical (unpaired) electrons. The molecule has 0 saturated heterocycles. The molecule has 1 rings (SSSR count). The predicted octanol–water partition coefficient (Wildman–Crippen LogP) is 2.97. The highest BCUT2D eigenvalue weighted by Gasteiger charge is 2.09. The molecule has 0 amide bonds. The number of ether oxygens (including phenoxy) is 2. The maximum atomic E-state index is 9.03. The van der Waals surface area contributed by atoms with Crippen LogP contribution in [0, 0.1) is 0 Å². The van der Waals surface area contributed by atoms with E-state index in [0.717, 1.165) is 22.6 Å². The van der Waals surface area contributed by atoms with Crippen molar-refractivity contribution in [1.82, 2.24) is 0 Å². The zero-order valence-electron chi connectivity index (χ0n) is 11.4. The van der Waals surface area contributed by atoms with Crippen LogP contribution in [0.4, 0.5) is 0 Å². The highest BCUT2D eigenvalue weighted by molar-refractivity contribution is 5.46. The van der Waals surface area contributed by atoms with Crippen LogP contribution in [0.5, 0.6) is 11.5 Å². The van der Waals surface area contributed by atoms with Gasteiger partial charge in [-0.05, 0) is 39.3 Å². The Morgan fingerprint density at radius 3 is 2.17 bits per heavy atom. The quantitative estimate of drug-likeness (QED) is 0.756. The van der Waals surface area contributed by atoms with E-state index in [9.17, 15) is 0 Å². The molecule has 0 saturated carbocycles. The summed E-state index contributed by atoms with van der Waals surface area (Å²) in [4.78, 5) is 0. The average molecular weight is 250 g/mol. The van der Waals surface area contributed by atoms with E-state index in [1.807, 2.05) is 45.0 Å². The molecule has 0 aliphatic rings. The molecule has 0 aliphatic heterocycles. The molecule has 0 heterocycles. The summed E-state index contributed by atoms with van der Waals surface area (Å²) >= 11 is 0. The van der Waals surface area contributed by atoms with Crippen LogP contribution in [0.15, 0.2) is 29.8 Å². The Kier molecular flexibility index (Phi) is 6.29. The van der Waals surface area contributed by atoms with Gasteiger partial charge in [-0.25, -0.2) is 0 Å². The molecule has 3 heteroatoms. The maximum Gasteiger partial charge on any atom is 0.126 e. The number of aliphatic hydroxyl groups excluding tert-OH is 1. The fourth-order valence-corrected chi connectivity index (χ4v) is 1.67. The van der Waals surface area contributed by atoms with E-state index in [2.05, 4.69) is 0 Å². The smallest absolute Gasteiger partial charge is 0.126 e. The molecule has 3 nitrogen and oxygen atoms in total. The second-order valence-corrected chi connectivity index (χ2v) is 4.01. The van der Waals surface area contributed by atoms with Crippen molar-refractivity contribution < 1.29 is 14.6 Å². The molecular formula is C15H22O3. The lowest BCUT2D eigenvalue weighted by Gasteiger charge is -2.14. The van der Waals surface area contributed by atoms with E-state index in [-0.39, 0.29) is 6.61 Å². The van der Waals surface area contributed by atoms with E-state index in [0.29, 0.717) is 19.6 Å². The van der Waals surface area contributed by atoms with Gasteiger partial charge in [-0.1, -0.05) is 17.7 Å². The summed E-state index contributed by atoms with van der Waals surface area (Å²) in [6, 6.07) is 5.83. The average Bonchev–Trinajstić information content (AvgIpc) is 2.38. The van der Waals surface area contributed by atoms with Crippen molar-refractivity contribution in [3.8, 4) is 11.5 Å². The first-order chi connectivity index (χ1) is 8.72. The number of hydrogen-bond donors (Lipinski definition) is 1.